The Labute approximate surface area is 164 Å². The monoisotopic (exact) mass is 398 g/mol. The van der Waals surface area contributed by atoms with Gasteiger partial charge in [-0.3, -0.25) is 4.68 Å². The van der Waals surface area contributed by atoms with Crippen molar-refractivity contribution in [3.63, 3.8) is 0 Å². The molecule has 0 bridgehead atoms. The maximum atomic E-state index is 12.4. The number of halogens is 1. The summed E-state index contributed by atoms with van der Waals surface area (Å²) in [5.74, 6) is -0.509. The van der Waals surface area contributed by atoms with Crippen molar-refractivity contribution in [2.24, 2.45) is 7.05 Å². The van der Waals surface area contributed by atoms with Gasteiger partial charge in [-0.25, -0.2) is 14.8 Å². The van der Waals surface area contributed by atoms with Crippen LogP contribution in [0.5, 0.6) is 0 Å². The van der Waals surface area contributed by atoms with Gasteiger partial charge in [0.25, 0.3) is 0 Å². The number of carbonyl (C=O) groups is 1. The van der Waals surface area contributed by atoms with Gasteiger partial charge in [0, 0.05) is 29.6 Å². The number of aryl methyl sites for hydroxylation is 2. The maximum Gasteiger partial charge on any atom is 0.358 e. The molecule has 0 N–H and O–H groups in total. The van der Waals surface area contributed by atoms with E-state index in [1.54, 1.807) is 16.3 Å². The molecule has 0 saturated carbocycles. The largest absolute Gasteiger partial charge is 0.454 e. The molecule has 4 aromatic rings. The summed E-state index contributed by atoms with van der Waals surface area (Å²) in [5.41, 5.74) is 3.38. The van der Waals surface area contributed by atoms with Crippen LogP contribution in [0.25, 0.3) is 21.5 Å². The van der Waals surface area contributed by atoms with Crippen LogP contribution in [0.3, 0.4) is 0 Å². The Morgan fingerprint density at radius 2 is 2.11 bits per heavy atom. The molecule has 0 aliphatic carbocycles. The van der Waals surface area contributed by atoms with E-state index in [1.807, 2.05) is 44.4 Å². The number of para-hydroxylation sites is 1. The second-order valence-corrected chi connectivity index (χ2v) is 7.27. The number of fused-ring (bicyclic) bond motifs is 1. The number of benzene rings is 1. The number of hydrogen-bond donors (Lipinski definition) is 0. The Balaban J connectivity index is 1.52. The van der Waals surface area contributed by atoms with Crippen molar-refractivity contribution in [3.8, 4) is 10.6 Å². The van der Waals surface area contributed by atoms with E-state index < -0.39 is 5.97 Å². The Morgan fingerprint density at radius 3 is 2.89 bits per heavy atom. The quantitative estimate of drug-likeness (QED) is 0.476. The van der Waals surface area contributed by atoms with Gasteiger partial charge in [-0.1, -0.05) is 29.8 Å². The molecule has 27 heavy (non-hydrogen) atoms. The fourth-order valence-corrected chi connectivity index (χ4v) is 3.72. The summed E-state index contributed by atoms with van der Waals surface area (Å²) >= 11 is 7.78. The Hall–Kier alpha value is -2.77. The second kappa shape index (κ2) is 7.09. The van der Waals surface area contributed by atoms with Gasteiger partial charge >= 0.3 is 5.97 Å². The van der Waals surface area contributed by atoms with Gasteiger partial charge in [0.15, 0.2) is 5.69 Å². The standard InChI is InChI=1S/C19H15ClN4O2S/c1-11-13-5-3-4-6-14(13)22-15(17(11)20)9-26-19(25)16-10-27-18(23-16)12-7-21-24(2)8-12/h3-8,10H,9H2,1-2H3. The first-order chi connectivity index (χ1) is 13.0. The predicted molar refractivity (Wildman–Crippen MR) is 105 cm³/mol. The molecule has 0 unspecified atom stereocenters. The molecule has 0 atom stereocenters. The van der Waals surface area contributed by atoms with E-state index >= 15 is 0 Å². The SMILES string of the molecule is Cc1c(Cl)c(COC(=O)c2csc(-c3cnn(C)c3)n2)nc2ccccc12. The summed E-state index contributed by atoms with van der Waals surface area (Å²) in [4.78, 5) is 21.2. The van der Waals surface area contributed by atoms with E-state index in [0.717, 1.165) is 22.0 Å². The van der Waals surface area contributed by atoms with E-state index in [1.165, 1.54) is 11.3 Å². The minimum absolute atomic E-state index is 0.0108. The summed E-state index contributed by atoms with van der Waals surface area (Å²) in [5, 5.41) is 7.99. The van der Waals surface area contributed by atoms with Crippen LogP contribution in [0.2, 0.25) is 5.02 Å². The Morgan fingerprint density at radius 1 is 1.30 bits per heavy atom. The third kappa shape index (κ3) is 3.43. The molecule has 3 heterocycles. The van der Waals surface area contributed by atoms with Crippen molar-refractivity contribution < 1.29 is 9.53 Å². The van der Waals surface area contributed by atoms with Crippen LogP contribution in [-0.2, 0) is 18.4 Å². The second-order valence-electron chi connectivity index (χ2n) is 6.03. The van der Waals surface area contributed by atoms with Crippen LogP contribution in [-0.4, -0.2) is 25.7 Å². The normalized spacial score (nSPS) is 11.1. The molecule has 0 aliphatic rings. The van der Waals surface area contributed by atoms with Crippen molar-refractivity contribution in [2.45, 2.75) is 13.5 Å². The number of carbonyl (C=O) groups excluding carboxylic acids is 1. The van der Waals surface area contributed by atoms with Gasteiger partial charge in [0.1, 0.15) is 11.6 Å². The molecule has 3 aromatic heterocycles. The van der Waals surface area contributed by atoms with Gasteiger partial charge < -0.3 is 4.74 Å². The first-order valence-corrected chi connectivity index (χ1v) is 9.44. The average molecular weight is 399 g/mol. The van der Waals surface area contributed by atoms with Crippen molar-refractivity contribution in [3.05, 3.63) is 64.0 Å². The first kappa shape index (κ1) is 17.6. The Kier molecular flexibility index (Phi) is 4.63. The lowest BCUT2D eigenvalue weighted by Crippen LogP contribution is -2.07. The molecule has 136 valence electrons. The minimum atomic E-state index is -0.509. The molecule has 0 radical (unpaired) electrons. The predicted octanol–water partition coefficient (Wildman–Crippen LogP) is 4.41. The third-order valence-electron chi connectivity index (χ3n) is 4.15. The fraction of sp³-hybridized carbons (Fsp3) is 0.158. The molecule has 0 amide bonds. The molecule has 0 saturated heterocycles. The molecule has 4 rings (SSSR count). The van der Waals surface area contributed by atoms with Crippen LogP contribution < -0.4 is 0 Å². The molecular weight excluding hydrogens is 384 g/mol. The zero-order chi connectivity index (χ0) is 19.0. The zero-order valence-corrected chi connectivity index (χ0v) is 16.2. The lowest BCUT2D eigenvalue weighted by atomic mass is 10.1. The fourth-order valence-electron chi connectivity index (χ4n) is 2.75. The van der Waals surface area contributed by atoms with E-state index in [-0.39, 0.29) is 12.3 Å². The molecular formula is C19H15ClN4O2S. The van der Waals surface area contributed by atoms with Crippen molar-refractivity contribution in [2.75, 3.05) is 0 Å². The first-order valence-electron chi connectivity index (χ1n) is 8.18. The lowest BCUT2D eigenvalue weighted by molar-refractivity contribution is 0.0462. The highest BCUT2D eigenvalue weighted by Gasteiger charge is 2.16. The molecule has 0 aliphatic heterocycles. The molecule has 8 heteroatoms. The number of esters is 1. The number of aromatic nitrogens is 4. The summed E-state index contributed by atoms with van der Waals surface area (Å²) in [6, 6.07) is 7.72. The minimum Gasteiger partial charge on any atom is -0.454 e. The van der Waals surface area contributed by atoms with E-state index in [2.05, 4.69) is 15.1 Å². The summed E-state index contributed by atoms with van der Waals surface area (Å²) < 4.78 is 7.08. The maximum absolute atomic E-state index is 12.4. The van der Waals surface area contributed by atoms with Crippen molar-refractivity contribution >= 4 is 39.8 Å². The summed E-state index contributed by atoms with van der Waals surface area (Å²) in [6.07, 6.45) is 3.55. The van der Waals surface area contributed by atoms with E-state index in [0.29, 0.717) is 15.7 Å². The highest BCUT2D eigenvalue weighted by Crippen LogP contribution is 2.28. The summed E-state index contributed by atoms with van der Waals surface area (Å²) in [6.45, 7) is 1.92. The number of rotatable bonds is 4. The highest BCUT2D eigenvalue weighted by atomic mass is 35.5. The zero-order valence-electron chi connectivity index (χ0n) is 14.6. The molecule has 0 spiro atoms. The van der Waals surface area contributed by atoms with Crippen LogP contribution in [0.4, 0.5) is 0 Å². The Bertz CT molecular complexity index is 1150. The number of hydrogen-bond acceptors (Lipinski definition) is 6. The van der Waals surface area contributed by atoms with Crippen molar-refractivity contribution in [1.29, 1.82) is 0 Å². The average Bonchev–Trinajstić information content (AvgIpc) is 3.32. The highest BCUT2D eigenvalue weighted by molar-refractivity contribution is 7.13. The number of pyridine rings is 1. The van der Waals surface area contributed by atoms with Crippen molar-refractivity contribution in [1.82, 2.24) is 19.7 Å². The van der Waals surface area contributed by atoms with E-state index in [9.17, 15) is 4.79 Å². The number of ether oxygens (including phenoxy) is 1. The van der Waals surface area contributed by atoms with Crippen LogP contribution in [0, 0.1) is 6.92 Å². The number of nitrogens with zero attached hydrogens (tertiary/aromatic N) is 4. The topological polar surface area (TPSA) is 69.9 Å². The smallest absolute Gasteiger partial charge is 0.358 e. The summed E-state index contributed by atoms with van der Waals surface area (Å²) in [7, 11) is 1.83. The molecule has 6 nitrogen and oxygen atoms in total. The van der Waals surface area contributed by atoms with Gasteiger partial charge in [-0.15, -0.1) is 11.3 Å². The molecule has 0 fully saturated rings. The number of thiazole rings is 1. The van der Waals surface area contributed by atoms with Gasteiger partial charge in [0.2, 0.25) is 0 Å². The van der Waals surface area contributed by atoms with Crippen LogP contribution in [0.15, 0.2) is 42.0 Å². The molecule has 1 aromatic carbocycles. The van der Waals surface area contributed by atoms with Gasteiger partial charge in [-0.2, -0.15) is 5.10 Å². The van der Waals surface area contributed by atoms with Gasteiger partial charge in [0.05, 0.1) is 22.4 Å². The van der Waals surface area contributed by atoms with Crippen LogP contribution in [0.1, 0.15) is 21.7 Å². The van der Waals surface area contributed by atoms with E-state index in [4.69, 9.17) is 16.3 Å². The van der Waals surface area contributed by atoms with Gasteiger partial charge in [-0.05, 0) is 18.6 Å². The lowest BCUT2D eigenvalue weighted by Gasteiger charge is -2.10. The van der Waals surface area contributed by atoms with Crippen LogP contribution >= 0.6 is 22.9 Å². The third-order valence-corrected chi connectivity index (χ3v) is 5.54.